The van der Waals surface area contributed by atoms with Crippen molar-refractivity contribution >= 4 is 30.0 Å². The predicted molar refractivity (Wildman–Crippen MR) is 93.8 cm³/mol. The van der Waals surface area contributed by atoms with Crippen LogP contribution >= 0.6 is 23.8 Å². The van der Waals surface area contributed by atoms with E-state index < -0.39 is 0 Å². The summed E-state index contributed by atoms with van der Waals surface area (Å²) >= 11 is 11.4. The van der Waals surface area contributed by atoms with Gasteiger partial charge in [0.2, 0.25) is 4.77 Å². The molecule has 2 aromatic carbocycles. The number of rotatable bonds is 4. The first-order chi connectivity index (χ1) is 11.2. The number of para-hydroxylation sites is 1. The van der Waals surface area contributed by atoms with Gasteiger partial charge in [-0.3, -0.25) is 0 Å². The molecular formula is C16H13ClN4OS. The molecule has 0 fully saturated rings. The van der Waals surface area contributed by atoms with Crippen molar-refractivity contribution in [2.75, 3.05) is 7.11 Å². The number of halogens is 1. The molecule has 3 aromatic rings. The second kappa shape index (κ2) is 6.76. The fourth-order valence-corrected chi connectivity index (χ4v) is 2.47. The summed E-state index contributed by atoms with van der Waals surface area (Å²) in [6.07, 6.45) is 1.65. The van der Waals surface area contributed by atoms with Crippen LogP contribution in [-0.2, 0) is 0 Å². The van der Waals surface area contributed by atoms with Gasteiger partial charge in [-0.05, 0) is 30.4 Å². The number of hydrogen-bond acceptors (Lipinski definition) is 4. The van der Waals surface area contributed by atoms with Crippen molar-refractivity contribution in [1.29, 1.82) is 0 Å². The van der Waals surface area contributed by atoms with Crippen LogP contribution in [0.5, 0.6) is 5.75 Å². The number of methoxy groups -OCH3 is 1. The normalized spacial score (nSPS) is 11.0. The van der Waals surface area contributed by atoms with Gasteiger partial charge in [0.1, 0.15) is 5.75 Å². The van der Waals surface area contributed by atoms with Crippen LogP contribution in [0.25, 0.3) is 11.4 Å². The zero-order chi connectivity index (χ0) is 16.2. The van der Waals surface area contributed by atoms with Crippen molar-refractivity contribution < 1.29 is 4.74 Å². The Balaban J connectivity index is 2.07. The lowest BCUT2D eigenvalue weighted by atomic mass is 10.2. The van der Waals surface area contributed by atoms with Crippen molar-refractivity contribution in [1.82, 2.24) is 14.9 Å². The summed E-state index contributed by atoms with van der Waals surface area (Å²) < 4.78 is 7.29. The third-order valence-corrected chi connectivity index (χ3v) is 3.82. The molecule has 1 heterocycles. The van der Waals surface area contributed by atoms with E-state index in [0.29, 0.717) is 21.4 Å². The molecule has 0 bridgehead atoms. The van der Waals surface area contributed by atoms with Crippen LogP contribution in [0, 0.1) is 4.77 Å². The number of hydrogen-bond donors (Lipinski definition) is 1. The van der Waals surface area contributed by atoms with E-state index in [4.69, 9.17) is 28.6 Å². The molecule has 0 unspecified atom stereocenters. The Kier molecular flexibility index (Phi) is 4.55. The first-order valence-corrected chi connectivity index (χ1v) is 7.59. The van der Waals surface area contributed by atoms with Crippen LogP contribution in [0.1, 0.15) is 5.56 Å². The molecule has 7 heteroatoms. The lowest BCUT2D eigenvalue weighted by Crippen LogP contribution is -1.97. The lowest BCUT2D eigenvalue weighted by Gasteiger charge is -2.06. The molecular weight excluding hydrogens is 332 g/mol. The summed E-state index contributed by atoms with van der Waals surface area (Å²) in [6.45, 7) is 0. The third-order valence-electron chi connectivity index (χ3n) is 3.22. The highest BCUT2D eigenvalue weighted by molar-refractivity contribution is 7.71. The molecule has 0 aliphatic heterocycles. The summed E-state index contributed by atoms with van der Waals surface area (Å²) in [5.41, 5.74) is 1.59. The van der Waals surface area contributed by atoms with Crippen LogP contribution in [0.2, 0.25) is 5.02 Å². The van der Waals surface area contributed by atoms with E-state index in [-0.39, 0.29) is 0 Å². The van der Waals surface area contributed by atoms with Gasteiger partial charge in [-0.15, -0.1) is 0 Å². The number of aromatic nitrogens is 3. The van der Waals surface area contributed by atoms with Gasteiger partial charge in [-0.1, -0.05) is 41.9 Å². The number of ether oxygens (including phenoxy) is 1. The fraction of sp³-hybridized carbons (Fsp3) is 0.0625. The van der Waals surface area contributed by atoms with Crippen LogP contribution in [0.4, 0.5) is 0 Å². The molecule has 0 saturated heterocycles. The number of H-pyrrole nitrogens is 1. The average molecular weight is 345 g/mol. The summed E-state index contributed by atoms with van der Waals surface area (Å²) in [6, 6.07) is 15.0. The van der Waals surface area contributed by atoms with Gasteiger partial charge < -0.3 is 4.74 Å². The van der Waals surface area contributed by atoms with E-state index >= 15 is 0 Å². The van der Waals surface area contributed by atoms with Gasteiger partial charge in [0.25, 0.3) is 0 Å². The lowest BCUT2D eigenvalue weighted by molar-refractivity contribution is 0.416. The Hall–Kier alpha value is -2.44. The Morgan fingerprint density at radius 3 is 2.74 bits per heavy atom. The molecule has 5 nitrogen and oxygen atoms in total. The third kappa shape index (κ3) is 3.18. The number of nitrogens with one attached hydrogen (secondary N) is 1. The van der Waals surface area contributed by atoms with E-state index in [1.165, 1.54) is 4.68 Å². The Labute approximate surface area is 143 Å². The Morgan fingerprint density at radius 1 is 1.22 bits per heavy atom. The standard InChI is InChI=1S/C16H13ClN4OS/c1-22-14-9-5-3-7-12(14)15-19-20-16(23)21(15)18-10-11-6-2-4-8-13(11)17/h2-10H,1H3,(H,20,23)/b18-10+. The molecule has 1 aromatic heterocycles. The molecule has 3 rings (SSSR count). The van der Waals surface area contributed by atoms with Crippen molar-refractivity contribution in [3.05, 3.63) is 63.9 Å². The molecule has 0 atom stereocenters. The van der Waals surface area contributed by atoms with Crippen LogP contribution in [0.15, 0.2) is 53.6 Å². The van der Waals surface area contributed by atoms with E-state index in [2.05, 4.69) is 15.3 Å². The monoisotopic (exact) mass is 344 g/mol. The first kappa shape index (κ1) is 15.5. The molecule has 23 heavy (non-hydrogen) atoms. The van der Waals surface area contributed by atoms with Crippen LogP contribution in [0.3, 0.4) is 0 Å². The highest BCUT2D eigenvalue weighted by atomic mass is 35.5. The zero-order valence-corrected chi connectivity index (χ0v) is 13.8. The Morgan fingerprint density at radius 2 is 1.96 bits per heavy atom. The predicted octanol–water partition coefficient (Wildman–Crippen LogP) is 4.15. The minimum absolute atomic E-state index is 0.384. The highest BCUT2D eigenvalue weighted by Crippen LogP contribution is 2.28. The largest absolute Gasteiger partial charge is 0.496 e. The van der Waals surface area contributed by atoms with Crippen molar-refractivity contribution in [3.8, 4) is 17.1 Å². The van der Waals surface area contributed by atoms with Gasteiger partial charge in [-0.25, -0.2) is 5.10 Å². The van der Waals surface area contributed by atoms with Crippen molar-refractivity contribution in [3.63, 3.8) is 0 Å². The molecule has 0 amide bonds. The maximum Gasteiger partial charge on any atom is 0.216 e. The maximum absolute atomic E-state index is 6.14. The van der Waals surface area contributed by atoms with Gasteiger partial charge in [-0.2, -0.15) is 14.9 Å². The SMILES string of the molecule is COc1ccccc1-c1n[nH]c(=S)n1/N=C/c1ccccc1Cl. The molecule has 0 spiro atoms. The Bertz CT molecular complexity index is 916. The van der Waals surface area contributed by atoms with Gasteiger partial charge in [0.15, 0.2) is 5.82 Å². The van der Waals surface area contributed by atoms with Crippen LogP contribution in [-0.4, -0.2) is 28.2 Å². The molecule has 0 aliphatic rings. The van der Waals surface area contributed by atoms with Crippen molar-refractivity contribution in [2.45, 2.75) is 0 Å². The van der Waals surface area contributed by atoms with Gasteiger partial charge in [0.05, 0.1) is 18.9 Å². The molecule has 0 saturated carbocycles. The highest BCUT2D eigenvalue weighted by Gasteiger charge is 2.12. The van der Waals surface area contributed by atoms with E-state index in [1.807, 2.05) is 42.5 Å². The second-order valence-electron chi connectivity index (χ2n) is 4.63. The average Bonchev–Trinajstić information content (AvgIpc) is 2.95. The molecule has 0 aliphatic carbocycles. The maximum atomic E-state index is 6.14. The van der Waals surface area contributed by atoms with E-state index in [0.717, 1.165) is 11.1 Å². The first-order valence-electron chi connectivity index (χ1n) is 6.80. The topological polar surface area (TPSA) is 55.2 Å². The quantitative estimate of drug-likeness (QED) is 0.571. The fourth-order valence-electron chi connectivity index (χ4n) is 2.10. The number of nitrogens with zero attached hydrogens (tertiary/aromatic N) is 3. The van der Waals surface area contributed by atoms with E-state index in [1.54, 1.807) is 19.4 Å². The summed E-state index contributed by atoms with van der Waals surface area (Å²) in [5.74, 6) is 1.26. The van der Waals surface area contributed by atoms with E-state index in [9.17, 15) is 0 Å². The minimum atomic E-state index is 0.384. The number of benzene rings is 2. The smallest absolute Gasteiger partial charge is 0.216 e. The summed E-state index contributed by atoms with van der Waals surface area (Å²) in [5, 5.41) is 12.0. The molecule has 1 N–H and O–H groups in total. The van der Waals surface area contributed by atoms with Gasteiger partial charge in [0, 0.05) is 10.6 Å². The molecule has 116 valence electrons. The number of aromatic amines is 1. The molecule has 0 radical (unpaired) electrons. The second-order valence-corrected chi connectivity index (χ2v) is 5.42. The summed E-state index contributed by atoms with van der Waals surface area (Å²) in [4.78, 5) is 0. The van der Waals surface area contributed by atoms with Crippen molar-refractivity contribution in [2.24, 2.45) is 5.10 Å². The van der Waals surface area contributed by atoms with Gasteiger partial charge >= 0.3 is 0 Å². The zero-order valence-electron chi connectivity index (χ0n) is 12.2. The minimum Gasteiger partial charge on any atom is -0.496 e. The van der Waals surface area contributed by atoms with Crippen LogP contribution < -0.4 is 4.74 Å². The summed E-state index contributed by atoms with van der Waals surface area (Å²) in [7, 11) is 1.61.